The van der Waals surface area contributed by atoms with E-state index in [1.54, 1.807) is 17.2 Å². The van der Waals surface area contributed by atoms with Gasteiger partial charge in [0.1, 0.15) is 12.7 Å². The van der Waals surface area contributed by atoms with Crippen LogP contribution in [0.2, 0.25) is 0 Å². The van der Waals surface area contributed by atoms with Crippen LogP contribution < -0.4 is 0 Å². The first kappa shape index (κ1) is 7.71. The Morgan fingerprint density at radius 2 is 2.00 bits per heavy atom. The zero-order valence-corrected chi connectivity index (χ0v) is 6.47. The Hall–Kier alpha value is -1.39. The van der Waals surface area contributed by atoms with Gasteiger partial charge in [0.05, 0.1) is 11.8 Å². The van der Waals surface area contributed by atoms with Gasteiger partial charge in [-0.2, -0.15) is 0 Å². The van der Waals surface area contributed by atoms with E-state index in [0.29, 0.717) is 0 Å². The lowest BCUT2D eigenvalue weighted by Crippen LogP contribution is -2.26. The maximum absolute atomic E-state index is 8.32. The predicted molar refractivity (Wildman–Crippen MR) is 39.6 cm³/mol. The molecule has 0 fully saturated rings. The molecule has 0 unspecified atom stereocenters. The van der Waals surface area contributed by atoms with Gasteiger partial charge >= 0.3 is 0 Å². The molecule has 0 aromatic carbocycles. The maximum atomic E-state index is 8.32. The van der Waals surface area contributed by atoms with E-state index >= 15 is 0 Å². The van der Waals surface area contributed by atoms with Gasteiger partial charge in [-0.05, 0) is 13.8 Å². The van der Waals surface area contributed by atoms with Gasteiger partial charge in [-0.1, -0.05) is 5.16 Å². The largest absolute Gasteiger partial charge is 0.411 e. The molecule has 1 aromatic rings. The van der Waals surface area contributed by atoms with Crippen molar-refractivity contribution in [3.8, 4) is 0 Å². The number of aromatic nitrogens is 3. The number of hydrogen-bond acceptors (Lipinski definition) is 4. The topological polar surface area (TPSA) is 63.3 Å². The Morgan fingerprint density at radius 1 is 1.45 bits per heavy atom. The van der Waals surface area contributed by atoms with Gasteiger partial charge in [-0.25, -0.2) is 0 Å². The molecule has 0 aliphatic rings. The minimum absolute atomic E-state index is 0.377. The molecule has 0 amide bonds. The number of rotatable bonds is 2. The minimum atomic E-state index is -0.377. The molecule has 60 valence electrons. The fraction of sp³-hybridized carbons (Fsp3) is 0.500. The number of oxime groups is 1. The van der Waals surface area contributed by atoms with Crippen LogP contribution in [-0.4, -0.2) is 26.2 Å². The van der Waals surface area contributed by atoms with Gasteiger partial charge < -0.3 is 9.77 Å². The first-order chi connectivity index (χ1) is 5.17. The van der Waals surface area contributed by atoms with E-state index in [0.717, 1.165) is 0 Å². The third-order valence-electron chi connectivity index (χ3n) is 1.46. The lowest BCUT2D eigenvalue weighted by atomic mass is 10.1. The molecule has 0 saturated heterocycles. The molecule has 0 aliphatic carbocycles. The van der Waals surface area contributed by atoms with Crippen LogP contribution in [0, 0.1) is 0 Å². The Labute approximate surface area is 64.4 Å². The van der Waals surface area contributed by atoms with Gasteiger partial charge in [-0.15, -0.1) is 10.2 Å². The van der Waals surface area contributed by atoms with E-state index < -0.39 is 0 Å². The zero-order chi connectivity index (χ0) is 8.32. The van der Waals surface area contributed by atoms with Crippen LogP contribution >= 0.6 is 0 Å². The number of hydrogen-bond donors (Lipinski definition) is 1. The summed E-state index contributed by atoms with van der Waals surface area (Å²) in [4.78, 5) is 0. The second-order valence-corrected chi connectivity index (χ2v) is 2.77. The highest BCUT2D eigenvalue weighted by Gasteiger charge is 2.16. The highest BCUT2D eigenvalue weighted by molar-refractivity contribution is 5.65. The molecule has 0 radical (unpaired) electrons. The van der Waals surface area contributed by atoms with E-state index in [9.17, 15) is 0 Å². The average Bonchev–Trinajstić information content (AvgIpc) is 2.37. The summed E-state index contributed by atoms with van der Waals surface area (Å²) in [6.07, 6.45) is 4.56. The Morgan fingerprint density at radius 3 is 2.45 bits per heavy atom. The molecule has 0 aliphatic heterocycles. The summed E-state index contributed by atoms with van der Waals surface area (Å²) < 4.78 is 1.74. The van der Waals surface area contributed by atoms with Crippen molar-refractivity contribution in [1.82, 2.24) is 14.8 Å². The van der Waals surface area contributed by atoms with Crippen LogP contribution in [0.15, 0.2) is 17.8 Å². The second kappa shape index (κ2) is 2.69. The summed E-state index contributed by atoms with van der Waals surface area (Å²) in [6, 6.07) is 0. The maximum Gasteiger partial charge on any atom is 0.120 e. The third-order valence-corrected chi connectivity index (χ3v) is 1.46. The van der Waals surface area contributed by atoms with Gasteiger partial charge in [0.25, 0.3) is 0 Å². The SMILES string of the molecule is CC(C)(C=NO)n1cnnc1. The molecule has 1 heterocycles. The molecule has 0 saturated carbocycles. The fourth-order valence-corrected chi connectivity index (χ4v) is 0.706. The monoisotopic (exact) mass is 154 g/mol. The molecular weight excluding hydrogens is 144 g/mol. The van der Waals surface area contributed by atoms with Crippen molar-refractivity contribution in [3.05, 3.63) is 12.7 Å². The first-order valence-corrected chi connectivity index (χ1v) is 3.20. The fourth-order valence-electron chi connectivity index (χ4n) is 0.706. The Kier molecular flexibility index (Phi) is 1.89. The van der Waals surface area contributed by atoms with Crippen LogP contribution in [0.5, 0.6) is 0 Å². The van der Waals surface area contributed by atoms with E-state index in [2.05, 4.69) is 15.4 Å². The van der Waals surface area contributed by atoms with Crippen molar-refractivity contribution in [2.24, 2.45) is 5.16 Å². The molecule has 5 heteroatoms. The van der Waals surface area contributed by atoms with Crippen molar-refractivity contribution < 1.29 is 5.21 Å². The summed E-state index contributed by atoms with van der Waals surface area (Å²) in [5, 5.41) is 18.6. The van der Waals surface area contributed by atoms with E-state index in [4.69, 9.17) is 5.21 Å². The lowest BCUT2D eigenvalue weighted by molar-refractivity contribution is 0.313. The first-order valence-electron chi connectivity index (χ1n) is 3.20. The molecule has 0 atom stereocenters. The van der Waals surface area contributed by atoms with Crippen LogP contribution in [0.25, 0.3) is 0 Å². The minimum Gasteiger partial charge on any atom is -0.411 e. The van der Waals surface area contributed by atoms with E-state index in [1.165, 1.54) is 6.21 Å². The molecule has 0 bridgehead atoms. The average molecular weight is 154 g/mol. The molecule has 1 rings (SSSR count). The second-order valence-electron chi connectivity index (χ2n) is 2.77. The third kappa shape index (κ3) is 1.54. The van der Waals surface area contributed by atoms with Gasteiger partial charge in [0.15, 0.2) is 0 Å². The summed E-state index contributed by atoms with van der Waals surface area (Å²) in [6.45, 7) is 3.77. The Balaban J connectivity index is 2.90. The lowest BCUT2D eigenvalue weighted by Gasteiger charge is -2.18. The molecule has 1 aromatic heterocycles. The molecule has 11 heavy (non-hydrogen) atoms. The summed E-state index contributed by atoms with van der Waals surface area (Å²) in [5.74, 6) is 0. The molecule has 1 N–H and O–H groups in total. The number of nitrogens with zero attached hydrogens (tertiary/aromatic N) is 4. The summed E-state index contributed by atoms with van der Waals surface area (Å²) >= 11 is 0. The Bertz CT molecular complexity index is 239. The van der Waals surface area contributed by atoms with E-state index in [-0.39, 0.29) is 5.54 Å². The van der Waals surface area contributed by atoms with E-state index in [1.807, 2.05) is 13.8 Å². The van der Waals surface area contributed by atoms with Crippen LogP contribution in [0.1, 0.15) is 13.8 Å². The van der Waals surface area contributed by atoms with Gasteiger partial charge in [0, 0.05) is 0 Å². The van der Waals surface area contributed by atoms with Crippen LogP contribution in [-0.2, 0) is 5.54 Å². The predicted octanol–water partition coefficient (Wildman–Crippen LogP) is 0.473. The quantitative estimate of drug-likeness (QED) is 0.382. The molecule has 5 nitrogen and oxygen atoms in total. The van der Waals surface area contributed by atoms with Crippen LogP contribution in [0.3, 0.4) is 0 Å². The zero-order valence-electron chi connectivity index (χ0n) is 6.47. The van der Waals surface area contributed by atoms with Crippen molar-refractivity contribution in [2.75, 3.05) is 0 Å². The standard InChI is InChI=1S/C6H10N4O/c1-6(2,3-9-11)10-4-7-8-5-10/h3-5,11H,1-2H3. The van der Waals surface area contributed by atoms with Crippen molar-refractivity contribution in [3.63, 3.8) is 0 Å². The highest BCUT2D eigenvalue weighted by atomic mass is 16.4. The van der Waals surface area contributed by atoms with Gasteiger partial charge in [-0.3, -0.25) is 0 Å². The van der Waals surface area contributed by atoms with Gasteiger partial charge in [0.2, 0.25) is 0 Å². The smallest absolute Gasteiger partial charge is 0.120 e. The molecule has 0 spiro atoms. The van der Waals surface area contributed by atoms with Crippen molar-refractivity contribution in [1.29, 1.82) is 0 Å². The van der Waals surface area contributed by atoms with Crippen molar-refractivity contribution in [2.45, 2.75) is 19.4 Å². The van der Waals surface area contributed by atoms with Crippen molar-refractivity contribution >= 4 is 6.21 Å². The highest BCUT2D eigenvalue weighted by Crippen LogP contribution is 2.09. The molecular formula is C6H10N4O. The summed E-state index contributed by atoms with van der Waals surface area (Å²) in [5.41, 5.74) is -0.377. The summed E-state index contributed by atoms with van der Waals surface area (Å²) in [7, 11) is 0. The normalized spacial score (nSPS) is 12.5. The van der Waals surface area contributed by atoms with Crippen LogP contribution in [0.4, 0.5) is 0 Å².